The van der Waals surface area contributed by atoms with Crippen LogP contribution in [0.4, 0.5) is 5.82 Å². The van der Waals surface area contributed by atoms with Crippen LogP contribution in [-0.4, -0.2) is 9.55 Å². The molecule has 2 aromatic rings. The fourth-order valence-corrected chi connectivity index (χ4v) is 1.57. The Morgan fingerprint density at radius 2 is 2.06 bits per heavy atom. The predicted octanol–water partition coefficient (Wildman–Crippen LogP) is 2.06. The van der Waals surface area contributed by atoms with Crippen LogP contribution in [0, 0.1) is 0 Å². The number of rotatable bonds is 4. The third-order valence-electron chi connectivity index (χ3n) is 2.40. The van der Waals surface area contributed by atoms with Crippen molar-refractivity contribution in [1.29, 1.82) is 0 Å². The number of imidazole rings is 1. The molecule has 0 fully saturated rings. The fraction of sp³-hybridized carbons (Fsp3) is 0.250. The molecule has 1 aromatic carbocycles. The summed E-state index contributed by atoms with van der Waals surface area (Å²) >= 11 is 0. The number of hydrogen-bond acceptors (Lipinski definition) is 3. The highest BCUT2D eigenvalue weighted by molar-refractivity contribution is 5.28. The standard InChI is InChI=1S/C12H15N3O/c1-2-15-11(13)8-14-12(15)9-16-10-6-4-3-5-7-10/h3-8H,2,9,13H2,1H3. The van der Waals surface area contributed by atoms with Crippen molar-refractivity contribution < 1.29 is 4.74 Å². The third-order valence-corrected chi connectivity index (χ3v) is 2.40. The van der Waals surface area contributed by atoms with Crippen molar-refractivity contribution in [2.75, 3.05) is 5.73 Å². The predicted molar refractivity (Wildman–Crippen MR) is 63.1 cm³/mol. The summed E-state index contributed by atoms with van der Waals surface area (Å²) in [6.45, 7) is 3.28. The summed E-state index contributed by atoms with van der Waals surface area (Å²) in [4.78, 5) is 4.21. The molecule has 0 aliphatic heterocycles. The second kappa shape index (κ2) is 4.70. The molecule has 2 N–H and O–H groups in total. The van der Waals surface area contributed by atoms with Crippen molar-refractivity contribution in [3.05, 3.63) is 42.4 Å². The minimum Gasteiger partial charge on any atom is -0.486 e. The summed E-state index contributed by atoms with van der Waals surface area (Å²) in [5, 5.41) is 0. The molecule has 0 spiro atoms. The quantitative estimate of drug-likeness (QED) is 0.852. The number of nitrogens with zero attached hydrogens (tertiary/aromatic N) is 2. The van der Waals surface area contributed by atoms with Crippen molar-refractivity contribution in [2.45, 2.75) is 20.1 Å². The first-order chi connectivity index (χ1) is 7.81. The number of anilines is 1. The third kappa shape index (κ3) is 2.16. The first kappa shape index (κ1) is 10.5. The Morgan fingerprint density at radius 1 is 1.31 bits per heavy atom. The zero-order chi connectivity index (χ0) is 11.4. The lowest BCUT2D eigenvalue weighted by Gasteiger charge is -2.08. The Labute approximate surface area is 94.7 Å². The Hall–Kier alpha value is -1.97. The maximum absolute atomic E-state index is 5.77. The van der Waals surface area contributed by atoms with E-state index in [1.54, 1.807) is 6.20 Å². The van der Waals surface area contributed by atoms with E-state index in [1.807, 2.05) is 41.8 Å². The van der Waals surface area contributed by atoms with Crippen molar-refractivity contribution in [3.8, 4) is 5.75 Å². The molecule has 0 saturated heterocycles. The number of ether oxygens (including phenoxy) is 1. The van der Waals surface area contributed by atoms with Gasteiger partial charge >= 0.3 is 0 Å². The molecule has 16 heavy (non-hydrogen) atoms. The molecule has 0 amide bonds. The van der Waals surface area contributed by atoms with E-state index in [2.05, 4.69) is 4.98 Å². The Morgan fingerprint density at radius 3 is 2.75 bits per heavy atom. The largest absolute Gasteiger partial charge is 0.486 e. The van der Waals surface area contributed by atoms with Gasteiger partial charge in [-0.15, -0.1) is 0 Å². The van der Waals surface area contributed by atoms with E-state index >= 15 is 0 Å². The summed E-state index contributed by atoms with van der Waals surface area (Å²) in [6.07, 6.45) is 1.66. The number of aromatic nitrogens is 2. The summed E-state index contributed by atoms with van der Waals surface area (Å²) in [5.41, 5.74) is 5.77. The second-order valence-corrected chi connectivity index (χ2v) is 3.45. The monoisotopic (exact) mass is 217 g/mol. The highest BCUT2D eigenvalue weighted by Crippen LogP contribution is 2.13. The van der Waals surface area contributed by atoms with Crippen molar-refractivity contribution in [1.82, 2.24) is 9.55 Å². The molecule has 0 bridgehead atoms. The molecule has 2 rings (SSSR count). The highest BCUT2D eigenvalue weighted by Gasteiger charge is 2.05. The number of hydrogen-bond donors (Lipinski definition) is 1. The van der Waals surface area contributed by atoms with Crippen molar-refractivity contribution >= 4 is 5.82 Å². The van der Waals surface area contributed by atoms with Crippen molar-refractivity contribution in [2.24, 2.45) is 0 Å². The SMILES string of the molecule is CCn1c(N)cnc1COc1ccccc1. The Bertz CT molecular complexity index is 451. The fourth-order valence-electron chi connectivity index (χ4n) is 1.57. The lowest BCUT2D eigenvalue weighted by Crippen LogP contribution is -2.08. The first-order valence-corrected chi connectivity index (χ1v) is 5.29. The summed E-state index contributed by atoms with van der Waals surface area (Å²) < 4.78 is 7.54. The zero-order valence-corrected chi connectivity index (χ0v) is 9.26. The maximum Gasteiger partial charge on any atom is 0.148 e. The van der Waals surface area contributed by atoms with Gasteiger partial charge in [0.25, 0.3) is 0 Å². The lowest BCUT2D eigenvalue weighted by molar-refractivity contribution is 0.290. The van der Waals surface area contributed by atoms with E-state index in [9.17, 15) is 0 Å². The number of nitrogen functional groups attached to an aromatic ring is 1. The van der Waals surface area contributed by atoms with Gasteiger partial charge in [-0.2, -0.15) is 0 Å². The molecule has 0 aliphatic carbocycles. The summed E-state index contributed by atoms with van der Waals surface area (Å²) in [7, 11) is 0. The molecule has 84 valence electrons. The van der Waals surface area contributed by atoms with Gasteiger partial charge in [-0.3, -0.25) is 0 Å². The van der Waals surface area contributed by atoms with Crippen LogP contribution in [0.1, 0.15) is 12.7 Å². The van der Waals surface area contributed by atoms with Crippen LogP contribution < -0.4 is 10.5 Å². The summed E-state index contributed by atoms with van der Waals surface area (Å²) in [6, 6.07) is 9.68. The van der Waals surface area contributed by atoms with E-state index in [0.717, 1.165) is 18.1 Å². The van der Waals surface area contributed by atoms with Gasteiger partial charge in [0.1, 0.15) is 24.0 Å². The van der Waals surface area contributed by atoms with Crippen LogP contribution in [0.5, 0.6) is 5.75 Å². The smallest absolute Gasteiger partial charge is 0.148 e. The average Bonchev–Trinajstić information content (AvgIpc) is 2.68. The van der Waals surface area contributed by atoms with Crippen LogP contribution in [0.3, 0.4) is 0 Å². The molecule has 1 aromatic heterocycles. The second-order valence-electron chi connectivity index (χ2n) is 3.45. The molecule has 0 aliphatic rings. The minimum absolute atomic E-state index is 0.440. The first-order valence-electron chi connectivity index (χ1n) is 5.29. The van der Waals surface area contributed by atoms with Gasteiger partial charge in [0.05, 0.1) is 6.20 Å². The molecular weight excluding hydrogens is 202 g/mol. The van der Waals surface area contributed by atoms with E-state index in [-0.39, 0.29) is 0 Å². The Kier molecular flexibility index (Phi) is 3.10. The molecule has 0 saturated carbocycles. The maximum atomic E-state index is 5.77. The molecule has 1 heterocycles. The molecule has 0 radical (unpaired) electrons. The van der Waals surface area contributed by atoms with E-state index in [4.69, 9.17) is 10.5 Å². The minimum atomic E-state index is 0.440. The molecule has 4 nitrogen and oxygen atoms in total. The van der Waals surface area contributed by atoms with Gasteiger partial charge in [-0.05, 0) is 19.1 Å². The summed E-state index contributed by atoms with van der Waals surface area (Å²) in [5.74, 6) is 2.37. The number of benzene rings is 1. The topological polar surface area (TPSA) is 53.1 Å². The van der Waals surface area contributed by atoms with Gasteiger partial charge in [-0.1, -0.05) is 18.2 Å². The highest BCUT2D eigenvalue weighted by atomic mass is 16.5. The Balaban J connectivity index is 2.05. The number of para-hydroxylation sites is 1. The van der Waals surface area contributed by atoms with Gasteiger partial charge in [0.15, 0.2) is 0 Å². The molecule has 4 heteroatoms. The van der Waals surface area contributed by atoms with Crippen LogP contribution in [0.15, 0.2) is 36.5 Å². The van der Waals surface area contributed by atoms with Gasteiger partial charge in [0.2, 0.25) is 0 Å². The normalized spacial score (nSPS) is 10.3. The molecular formula is C12H15N3O. The van der Waals surface area contributed by atoms with Crippen LogP contribution in [-0.2, 0) is 13.2 Å². The van der Waals surface area contributed by atoms with E-state index in [0.29, 0.717) is 12.4 Å². The van der Waals surface area contributed by atoms with E-state index in [1.165, 1.54) is 0 Å². The van der Waals surface area contributed by atoms with Gasteiger partial charge in [-0.25, -0.2) is 4.98 Å². The van der Waals surface area contributed by atoms with Gasteiger partial charge < -0.3 is 15.0 Å². The van der Waals surface area contributed by atoms with Gasteiger partial charge in [0, 0.05) is 6.54 Å². The van der Waals surface area contributed by atoms with Crippen LogP contribution in [0.25, 0.3) is 0 Å². The molecule has 0 atom stereocenters. The number of nitrogens with two attached hydrogens (primary N) is 1. The van der Waals surface area contributed by atoms with Crippen LogP contribution >= 0.6 is 0 Å². The van der Waals surface area contributed by atoms with Crippen molar-refractivity contribution in [3.63, 3.8) is 0 Å². The zero-order valence-electron chi connectivity index (χ0n) is 9.26. The molecule has 0 unspecified atom stereocenters. The van der Waals surface area contributed by atoms with E-state index < -0.39 is 0 Å². The van der Waals surface area contributed by atoms with Crippen LogP contribution in [0.2, 0.25) is 0 Å². The lowest BCUT2D eigenvalue weighted by atomic mass is 10.3. The average molecular weight is 217 g/mol.